The Morgan fingerprint density at radius 2 is 1.90 bits per heavy atom. The molecular weight excluding hydrogens is 297 g/mol. The molecule has 0 spiro atoms. The van der Waals surface area contributed by atoms with Gasteiger partial charge in [0, 0.05) is 22.5 Å². The topological polar surface area (TPSA) is 29.5 Å². The quantitative estimate of drug-likeness (QED) is 0.833. The van der Waals surface area contributed by atoms with Crippen LogP contribution in [-0.2, 0) is 9.53 Å². The molecule has 1 aromatic carbocycles. The molecule has 1 amide bonds. The summed E-state index contributed by atoms with van der Waals surface area (Å²) in [7, 11) is 0. The smallest absolute Gasteiger partial charge is 0.225 e. The van der Waals surface area contributed by atoms with Crippen LogP contribution in [-0.4, -0.2) is 30.5 Å². The van der Waals surface area contributed by atoms with E-state index < -0.39 is 0 Å². The van der Waals surface area contributed by atoms with Crippen molar-refractivity contribution in [3.8, 4) is 0 Å². The van der Waals surface area contributed by atoms with Gasteiger partial charge >= 0.3 is 0 Å². The monoisotopic (exact) mass is 313 g/mol. The van der Waals surface area contributed by atoms with Crippen LogP contribution in [0.5, 0.6) is 0 Å². The Morgan fingerprint density at radius 1 is 1.20 bits per heavy atom. The van der Waals surface area contributed by atoms with Gasteiger partial charge in [0.2, 0.25) is 5.91 Å². The Hall–Kier alpha value is -0.770. The predicted molar refractivity (Wildman–Crippen MR) is 79.1 cm³/mol. The average Bonchev–Trinajstić information content (AvgIpc) is 2.35. The van der Waals surface area contributed by atoms with Gasteiger partial charge in [-0.1, -0.05) is 29.6 Å². The minimum absolute atomic E-state index is 0.135. The van der Waals surface area contributed by atoms with Gasteiger partial charge in [-0.05, 0) is 36.6 Å². The fourth-order valence-corrected chi connectivity index (χ4v) is 3.27. The first-order valence-corrected chi connectivity index (χ1v) is 7.75. The highest BCUT2D eigenvalue weighted by molar-refractivity contribution is 6.34. The third-order valence-electron chi connectivity index (χ3n) is 4.09. The molecular formula is C15H17Cl2NO2. The second kappa shape index (κ2) is 5.92. The number of hydrogen-bond acceptors (Lipinski definition) is 2. The van der Waals surface area contributed by atoms with Crippen molar-refractivity contribution >= 4 is 29.1 Å². The van der Waals surface area contributed by atoms with Crippen molar-refractivity contribution in [3.05, 3.63) is 33.8 Å². The van der Waals surface area contributed by atoms with E-state index in [1.165, 1.54) is 6.42 Å². The van der Waals surface area contributed by atoms with Crippen LogP contribution in [0, 0.1) is 5.92 Å². The van der Waals surface area contributed by atoms with E-state index in [0.29, 0.717) is 29.7 Å². The first-order chi connectivity index (χ1) is 9.63. The van der Waals surface area contributed by atoms with Crippen molar-refractivity contribution in [2.45, 2.75) is 25.4 Å². The van der Waals surface area contributed by atoms with Gasteiger partial charge in [0.15, 0.2) is 0 Å². The normalized spacial score (nSPS) is 23.5. The molecule has 1 aliphatic heterocycles. The third-order valence-corrected chi connectivity index (χ3v) is 4.53. The first kappa shape index (κ1) is 14.2. The molecule has 1 aliphatic carbocycles. The van der Waals surface area contributed by atoms with Crippen LogP contribution in [0.3, 0.4) is 0 Å². The van der Waals surface area contributed by atoms with Crippen LogP contribution < -0.4 is 0 Å². The minimum atomic E-state index is -0.135. The molecule has 0 radical (unpaired) electrons. The van der Waals surface area contributed by atoms with Crippen molar-refractivity contribution < 1.29 is 9.53 Å². The molecule has 1 saturated heterocycles. The molecule has 3 rings (SSSR count). The lowest BCUT2D eigenvalue weighted by atomic mass is 9.84. The Balaban J connectivity index is 1.72. The number of hydrogen-bond donors (Lipinski definition) is 0. The van der Waals surface area contributed by atoms with Gasteiger partial charge < -0.3 is 9.64 Å². The number of halogens is 2. The van der Waals surface area contributed by atoms with E-state index in [4.69, 9.17) is 27.9 Å². The number of amides is 1. The highest BCUT2D eigenvalue weighted by Crippen LogP contribution is 2.32. The van der Waals surface area contributed by atoms with Crippen molar-refractivity contribution in [3.63, 3.8) is 0 Å². The molecule has 0 aromatic heterocycles. The lowest BCUT2D eigenvalue weighted by Gasteiger charge is -2.37. The van der Waals surface area contributed by atoms with Crippen molar-refractivity contribution in [2.24, 2.45) is 5.92 Å². The predicted octanol–water partition coefficient (Wildman–Crippen LogP) is 3.69. The second-order valence-corrected chi connectivity index (χ2v) is 6.35. The zero-order chi connectivity index (χ0) is 14.1. The summed E-state index contributed by atoms with van der Waals surface area (Å²) >= 11 is 12.1. The first-order valence-electron chi connectivity index (χ1n) is 7.00. The van der Waals surface area contributed by atoms with Crippen LogP contribution in [0.25, 0.3) is 0 Å². The Labute approximate surface area is 128 Å². The molecule has 2 aliphatic rings. The third kappa shape index (κ3) is 2.95. The summed E-state index contributed by atoms with van der Waals surface area (Å²) in [5.74, 6) is 0.509. The molecule has 1 heterocycles. The summed E-state index contributed by atoms with van der Waals surface area (Å²) in [6, 6.07) is 5.41. The number of nitrogens with zero attached hydrogens (tertiary/aromatic N) is 1. The summed E-state index contributed by atoms with van der Waals surface area (Å²) in [5, 5.41) is 1.19. The lowest BCUT2D eigenvalue weighted by molar-refractivity contribution is -0.146. The molecule has 108 valence electrons. The zero-order valence-corrected chi connectivity index (χ0v) is 12.7. The van der Waals surface area contributed by atoms with Crippen molar-refractivity contribution in [1.82, 2.24) is 4.90 Å². The molecule has 1 unspecified atom stereocenters. The average molecular weight is 314 g/mol. The molecule has 2 fully saturated rings. The molecule has 0 N–H and O–H groups in total. The van der Waals surface area contributed by atoms with Gasteiger partial charge in [-0.2, -0.15) is 0 Å². The molecule has 3 nitrogen and oxygen atoms in total. The standard InChI is InChI=1S/C15H17Cl2NO2/c16-12-6-11(7-13(17)8-12)14-9-18(4-5-20-14)15(19)10-2-1-3-10/h6-8,10,14H,1-5,9H2. The van der Waals surface area contributed by atoms with Crippen LogP contribution in [0.15, 0.2) is 18.2 Å². The summed E-state index contributed by atoms with van der Waals surface area (Å²) in [5.41, 5.74) is 0.939. The Bertz CT molecular complexity index is 496. The van der Waals surface area contributed by atoms with E-state index in [1.807, 2.05) is 17.0 Å². The molecule has 5 heteroatoms. The SMILES string of the molecule is O=C(C1CCC1)N1CCOC(c2cc(Cl)cc(Cl)c2)C1. The van der Waals surface area contributed by atoms with E-state index in [2.05, 4.69) is 0 Å². The molecule has 0 bridgehead atoms. The van der Waals surface area contributed by atoms with Crippen molar-refractivity contribution in [1.29, 1.82) is 0 Å². The molecule has 1 atom stereocenters. The summed E-state index contributed by atoms with van der Waals surface area (Å²) in [6.07, 6.45) is 3.10. The van der Waals surface area contributed by atoms with E-state index in [9.17, 15) is 4.79 Å². The fraction of sp³-hybridized carbons (Fsp3) is 0.533. The van der Waals surface area contributed by atoms with Crippen LogP contribution in [0.4, 0.5) is 0 Å². The molecule has 1 aromatic rings. The maximum Gasteiger partial charge on any atom is 0.225 e. The Morgan fingerprint density at radius 3 is 2.50 bits per heavy atom. The lowest BCUT2D eigenvalue weighted by Crippen LogP contribution is -2.46. The van der Waals surface area contributed by atoms with Crippen molar-refractivity contribution in [2.75, 3.05) is 19.7 Å². The number of morpholine rings is 1. The summed E-state index contributed by atoms with van der Waals surface area (Å²) in [6.45, 7) is 1.83. The number of ether oxygens (including phenoxy) is 1. The number of rotatable bonds is 2. The maximum absolute atomic E-state index is 12.3. The summed E-state index contributed by atoms with van der Waals surface area (Å²) in [4.78, 5) is 14.2. The number of carbonyl (C=O) groups excluding carboxylic acids is 1. The van der Waals surface area contributed by atoms with Crippen LogP contribution >= 0.6 is 23.2 Å². The van der Waals surface area contributed by atoms with E-state index in [0.717, 1.165) is 18.4 Å². The van der Waals surface area contributed by atoms with Crippen LogP contribution in [0.2, 0.25) is 10.0 Å². The van der Waals surface area contributed by atoms with Crippen LogP contribution in [0.1, 0.15) is 30.9 Å². The van der Waals surface area contributed by atoms with Gasteiger partial charge in [0.25, 0.3) is 0 Å². The van der Waals surface area contributed by atoms with Gasteiger partial charge in [-0.15, -0.1) is 0 Å². The van der Waals surface area contributed by atoms with E-state index in [-0.39, 0.29) is 17.9 Å². The number of benzene rings is 1. The summed E-state index contributed by atoms with van der Waals surface area (Å²) < 4.78 is 5.77. The highest BCUT2D eigenvalue weighted by atomic mass is 35.5. The largest absolute Gasteiger partial charge is 0.370 e. The maximum atomic E-state index is 12.3. The number of carbonyl (C=O) groups is 1. The van der Waals surface area contributed by atoms with Gasteiger partial charge in [-0.3, -0.25) is 4.79 Å². The zero-order valence-electron chi connectivity index (χ0n) is 11.1. The molecule has 20 heavy (non-hydrogen) atoms. The van der Waals surface area contributed by atoms with E-state index >= 15 is 0 Å². The van der Waals surface area contributed by atoms with Gasteiger partial charge in [-0.25, -0.2) is 0 Å². The highest BCUT2D eigenvalue weighted by Gasteiger charge is 2.33. The molecule has 1 saturated carbocycles. The van der Waals surface area contributed by atoms with Gasteiger partial charge in [0.05, 0.1) is 13.2 Å². The van der Waals surface area contributed by atoms with E-state index in [1.54, 1.807) is 6.07 Å². The van der Waals surface area contributed by atoms with Gasteiger partial charge in [0.1, 0.15) is 6.10 Å². The minimum Gasteiger partial charge on any atom is -0.370 e. The Kier molecular flexibility index (Phi) is 4.20. The fourth-order valence-electron chi connectivity index (χ4n) is 2.73. The second-order valence-electron chi connectivity index (χ2n) is 5.47.